The molecule has 3 aromatic carbocycles. The van der Waals surface area contributed by atoms with Gasteiger partial charge < -0.3 is 20.1 Å². The van der Waals surface area contributed by atoms with Crippen molar-refractivity contribution < 1.29 is 19.1 Å². The topological polar surface area (TPSA) is 76.7 Å². The lowest BCUT2D eigenvalue weighted by Crippen LogP contribution is -2.19. The average molecular weight is 390 g/mol. The minimum atomic E-state index is -0.324. The van der Waals surface area contributed by atoms with Crippen LogP contribution in [-0.2, 0) is 4.79 Å². The lowest BCUT2D eigenvalue weighted by atomic mass is 10.1. The second-order valence-corrected chi connectivity index (χ2v) is 6.19. The Balaban J connectivity index is 1.60. The molecule has 0 radical (unpaired) electrons. The molecule has 0 spiro atoms. The standard InChI is InChI=1S/C23H22N2O4/c1-28-19-11-7-8-17(16-19)24-23(27)20-12-5-6-13-21(20)25-22(26)14-15-29-18-9-3-2-4-10-18/h2-13,16H,14-15H2,1H3,(H,24,27)(H,25,26). The third kappa shape index (κ3) is 5.84. The Bertz CT molecular complexity index is 973. The van der Waals surface area contributed by atoms with Crippen LogP contribution in [0.1, 0.15) is 16.8 Å². The lowest BCUT2D eigenvalue weighted by molar-refractivity contribution is -0.116. The van der Waals surface area contributed by atoms with Crippen LogP contribution in [-0.4, -0.2) is 25.5 Å². The van der Waals surface area contributed by atoms with Gasteiger partial charge in [-0.05, 0) is 36.4 Å². The number of ether oxygens (including phenoxy) is 2. The molecular formula is C23H22N2O4. The number of anilines is 2. The van der Waals surface area contributed by atoms with E-state index in [2.05, 4.69) is 10.6 Å². The zero-order chi connectivity index (χ0) is 20.5. The van der Waals surface area contributed by atoms with Crippen molar-refractivity contribution in [2.24, 2.45) is 0 Å². The average Bonchev–Trinajstić information content (AvgIpc) is 2.75. The molecule has 0 unspecified atom stereocenters. The number of amides is 2. The van der Waals surface area contributed by atoms with E-state index in [1.165, 1.54) is 0 Å². The van der Waals surface area contributed by atoms with Crippen molar-refractivity contribution in [1.29, 1.82) is 0 Å². The Morgan fingerprint density at radius 1 is 0.828 bits per heavy atom. The SMILES string of the molecule is COc1cccc(NC(=O)c2ccccc2NC(=O)CCOc2ccccc2)c1. The minimum absolute atomic E-state index is 0.167. The number of nitrogens with one attached hydrogen (secondary N) is 2. The molecule has 0 saturated carbocycles. The highest BCUT2D eigenvalue weighted by molar-refractivity contribution is 6.10. The van der Waals surface area contributed by atoms with Crippen LogP contribution in [0.15, 0.2) is 78.9 Å². The molecule has 2 amide bonds. The number of hydrogen-bond acceptors (Lipinski definition) is 4. The molecule has 29 heavy (non-hydrogen) atoms. The van der Waals surface area contributed by atoms with Crippen LogP contribution in [0.5, 0.6) is 11.5 Å². The first-order valence-corrected chi connectivity index (χ1v) is 9.18. The third-order valence-electron chi connectivity index (χ3n) is 4.11. The van der Waals surface area contributed by atoms with Crippen molar-refractivity contribution in [1.82, 2.24) is 0 Å². The van der Waals surface area contributed by atoms with E-state index < -0.39 is 0 Å². The van der Waals surface area contributed by atoms with Gasteiger partial charge >= 0.3 is 0 Å². The molecule has 0 aliphatic carbocycles. The summed E-state index contributed by atoms with van der Waals surface area (Å²) in [4.78, 5) is 25.0. The first kappa shape index (κ1) is 19.9. The fourth-order valence-electron chi connectivity index (χ4n) is 2.68. The number of rotatable bonds is 8. The number of carbonyl (C=O) groups is 2. The van der Waals surface area contributed by atoms with Crippen LogP contribution in [0.3, 0.4) is 0 Å². The maximum Gasteiger partial charge on any atom is 0.257 e. The van der Waals surface area contributed by atoms with Gasteiger partial charge in [0, 0.05) is 11.8 Å². The zero-order valence-corrected chi connectivity index (χ0v) is 16.1. The smallest absolute Gasteiger partial charge is 0.257 e. The van der Waals surface area contributed by atoms with E-state index in [9.17, 15) is 9.59 Å². The molecule has 2 N–H and O–H groups in total. The summed E-state index contributed by atoms with van der Waals surface area (Å²) < 4.78 is 10.7. The molecule has 148 valence electrons. The molecule has 6 heteroatoms. The summed E-state index contributed by atoms with van der Waals surface area (Å²) in [6.45, 7) is 0.244. The fraction of sp³-hybridized carbons (Fsp3) is 0.130. The second-order valence-electron chi connectivity index (χ2n) is 6.19. The number of benzene rings is 3. The Labute approximate surface area is 169 Å². The van der Waals surface area contributed by atoms with E-state index in [4.69, 9.17) is 9.47 Å². The predicted molar refractivity (Wildman–Crippen MR) is 113 cm³/mol. The second kappa shape index (κ2) is 9.94. The van der Waals surface area contributed by atoms with Gasteiger partial charge in [0.05, 0.1) is 31.4 Å². The molecule has 0 aliphatic rings. The molecule has 0 heterocycles. The summed E-state index contributed by atoms with van der Waals surface area (Å²) in [5.74, 6) is 0.790. The number of methoxy groups -OCH3 is 1. The molecule has 3 aromatic rings. The minimum Gasteiger partial charge on any atom is -0.497 e. The largest absolute Gasteiger partial charge is 0.497 e. The normalized spacial score (nSPS) is 10.1. The van der Waals surface area contributed by atoms with Gasteiger partial charge in [-0.15, -0.1) is 0 Å². The van der Waals surface area contributed by atoms with Gasteiger partial charge in [0.25, 0.3) is 5.91 Å². The van der Waals surface area contributed by atoms with Crippen LogP contribution in [0.25, 0.3) is 0 Å². The monoisotopic (exact) mass is 390 g/mol. The quantitative estimate of drug-likeness (QED) is 0.599. The van der Waals surface area contributed by atoms with Gasteiger partial charge in [0.15, 0.2) is 0 Å². The molecular weight excluding hydrogens is 368 g/mol. The Hall–Kier alpha value is -3.80. The van der Waals surface area contributed by atoms with Crippen LogP contribution in [0.2, 0.25) is 0 Å². The highest BCUT2D eigenvalue weighted by atomic mass is 16.5. The van der Waals surface area contributed by atoms with Crippen molar-refractivity contribution in [3.8, 4) is 11.5 Å². The van der Waals surface area contributed by atoms with E-state index in [-0.39, 0.29) is 24.8 Å². The summed E-state index contributed by atoms with van der Waals surface area (Å²) in [5.41, 5.74) is 1.41. The van der Waals surface area contributed by atoms with Crippen LogP contribution in [0.4, 0.5) is 11.4 Å². The fourth-order valence-corrected chi connectivity index (χ4v) is 2.68. The first-order chi connectivity index (χ1) is 14.2. The molecule has 0 aromatic heterocycles. The summed E-state index contributed by atoms with van der Waals surface area (Å²) >= 11 is 0. The first-order valence-electron chi connectivity index (χ1n) is 9.18. The van der Waals surface area contributed by atoms with Crippen LogP contribution in [0, 0.1) is 0 Å². The highest BCUT2D eigenvalue weighted by Crippen LogP contribution is 2.20. The van der Waals surface area contributed by atoms with E-state index in [0.29, 0.717) is 28.4 Å². The van der Waals surface area contributed by atoms with E-state index in [0.717, 1.165) is 0 Å². The summed E-state index contributed by atoms with van der Waals surface area (Å²) in [6, 6.07) is 23.2. The maximum atomic E-state index is 12.7. The Morgan fingerprint density at radius 3 is 2.34 bits per heavy atom. The van der Waals surface area contributed by atoms with Gasteiger partial charge in [-0.25, -0.2) is 0 Å². The summed E-state index contributed by atoms with van der Waals surface area (Å²) in [6.07, 6.45) is 0.167. The lowest BCUT2D eigenvalue weighted by Gasteiger charge is -2.12. The van der Waals surface area contributed by atoms with Gasteiger partial charge in [0.1, 0.15) is 11.5 Å². The van der Waals surface area contributed by atoms with Crippen LogP contribution >= 0.6 is 0 Å². The number of para-hydroxylation sites is 2. The van der Waals surface area contributed by atoms with Crippen LogP contribution < -0.4 is 20.1 Å². The number of carbonyl (C=O) groups excluding carboxylic acids is 2. The van der Waals surface area contributed by atoms with E-state index >= 15 is 0 Å². The molecule has 6 nitrogen and oxygen atoms in total. The molecule has 0 atom stereocenters. The zero-order valence-electron chi connectivity index (χ0n) is 16.1. The van der Waals surface area contributed by atoms with Crippen molar-refractivity contribution in [2.75, 3.05) is 24.4 Å². The van der Waals surface area contributed by atoms with Crippen molar-refractivity contribution >= 4 is 23.2 Å². The number of hydrogen-bond donors (Lipinski definition) is 2. The van der Waals surface area contributed by atoms with E-state index in [1.54, 1.807) is 55.6 Å². The summed E-state index contributed by atoms with van der Waals surface area (Å²) in [7, 11) is 1.56. The molecule has 0 aliphatic heterocycles. The molecule has 3 rings (SSSR count). The van der Waals surface area contributed by atoms with Gasteiger partial charge in [-0.1, -0.05) is 36.4 Å². The summed E-state index contributed by atoms with van der Waals surface area (Å²) in [5, 5.41) is 5.60. The Kier molecular flexibility index (Phi) is 6.84. The van der Waals surface area contributed by atoms with Crippen molar-refractivity contribution in [3.05, 3.63) is 84.4 Å². The van der Waals surface area contributed by atoms with E-state index in [1.807, 2.05) is 30.3 Å². The molecule has 0 bridgehead atoms. The highest BCUT2D eigenvalue weighted by Gasteiger charge is 2.14. The molecule has 0 fully saturated rings. The molecule has 0 saturated heterocycles. The maximum absolute atomic E-state index is 12.7. The predicted octanol–water partition coefficient (Wildman–Crippen LogP) is 4.36. The van der Waals surface area contributed by atoms with Crippen molar-refractivity contribution in [3.63, 3.8) is 0 Å². The van der Waals surface area contributed by atoms with Gasteiger partial charge in [-0.2, -0.15) is 0 Å². The Morgan fingerprint density at radius 2 is 1.55 bits per heavy atom. The van der Waals surface area contributed by atoms with Crippen molar-refractivity contribution in [2.45, 2.75) is 6.42 Å². The van der Waals surface area contributed by atoms with Gasteiger partial charge in [0.2, 0.25) is 5.91 Å². The van der Waals surface area contributed by atoms with Gasteiger partial charge in [-0.3, -0.25) is 9.59 Å². The third-order valence-corrected chi connectivity index (χ3v) is 4.11.